The molecule has 1 heterocycles. The molecule has 0 N–H and O–H groups in total. The highest BCUT2D eigenvalue weighted by molar-refractivity contribution is 9.10. The van der Waals surface area contributed by atoms with E-state index in [1.807, 2.05) is 42.6 Å². The summed E-state index contributed by atoms with van der Waals surface area (Å²) in [6, 6.07) is 31.3. The van der Waals surface area contributed by atoms with Gasteiger partial charge in [0.05, 0.1) is 33.6 Å². The highest BCUT2D eigenvalue weighted by Crippen LogP contribution is 2.60. The van der Waals surface area contributed by atoms with E-state index < -0.39 is 17.3 Å². The van der Waals surface area contributed by atoms with Crippen LogP contribution < -0.4 is 4.90 Å². The average Bonchev–Trinajstić information content (AvgIpc) is 3.15. The summed E-state index contributed by atoms with van der Waals surface area (Å²) >= 11 is 10.1. The van der Waals surface area contributed by atoms with Crippen LogP contribution >= 0.6 is 27.5 Å². The van der Waals surface area contributed by atoms with Crippen LogP contribution in [0.4, 0.5) is 11.4 Å². The Hall–Kier alpha value is -3.54. The Morgan fingerprint density at radius 1 is 0.865 bits per heavy atom. The summed E-state index contributed by atoms with van der Waals surface area (Å²) in [5.74, 6) is -1.94. The molecule has 1 saturated heterocycles. The van der Waals surface area contributed by atoms with E-state index in [1.54, 1.807) is 24.3 Å². The third kappa shape index (κ3) is 3.11. The quantitative estimate of drug-likeness (QED) is 0.197. The van der Waals surface area contributed by atoms with Crippen molar-refractivity contribution in [1.82, 2.24) is 0 Å². The van der Waals surface area contributed by atoms with Crippen LogP contribution in [0.2, 0.25) is 5.02 Å². The van der Waals surface area contributed by atoms with Crippen molar-refractivity contribution in [1.29, 1.82) is 0 Å². The fourth-order valence-electron chi connectivity index (χ4n) is 6.53. The zero-order valence-electron chi connectivity index (χ0n) is 19.5. The number of carbonyl (C=O) groups excluding carboxylic acids is 2. The van der Waals surface area contributed by atoms with E-state index in [0.717, 1.165) is 32.4 Å². The molecule has 0 saturated carbocycles. The first kappa shape index (κ1) is 22.6. The van der Waals surface area contributed by atoms with Gasteiger partial charge in [0.1, 0.15) is 0 Å². The molecule has 0 spiro atoms. The summed E-state index contributed by atoms with van der Waals surface area (Å²) in [7, 11) is 0. The molecule has 4 atom stereocenters. The van der Waals surface area contributed by atoms with Crippen molar-refractivity contribution >= 4 is 56.9 Å². The minimum absolute atomic E-state index is 0.217. The molecule has 2 amide bonds. The number of halogens is 2. The summed E-state index contributed by atoms with van der Waals surface area (Å²) < 4.78 is 0.917. The Morgan fingerprint density at radius 3 is 2.41 bits per heavy atom. The van der Waals surface area contributed by atoms with Gasteiger partial charge in [-0.05, 0) is 52.6 Å². The lowest BCUT2D eigenvalue weighted by Crippen LogP contribution is -2.51. The number of carbonyl (C=O) groups is 2. The summed E-state index contributed by atoms with van der Waals surface area (Å²) in [5.41, 5.74) is 4.32. The standard InChI is InChI=1S/C31H20BrClN2O2/c32-20-6-5-7-21(16-20)34-17-31-19-14-12-18(13-15-19)26(22-8-1-2-9-23(22)31)27-28(31)30(37)35(29(27)36)25-11-4-3-10-24(25)33/h1-17,26-28H/t26-,27-,28-,31-/m0/s1. The molecule has 6 heteroatoms. The number of hydrogen-bond acceptors (Lipinski definition) is 3. The monoisotopic (exact) mass is 566 g/mol. The van der Waals surface area contributed by atoms with Crippen LogP contribution in [0, 0.1) is 11.8 Å². The molecule has 4 aromatic rings. The van der Waals surface area contributed by atoms with Crippen molar-refractivity contribution in [2.75, 3.05) is 4.90 Å². The smallest absolute Gasteiger partial charge is 0.239 e. The van der Waals surface area contributed by atoms with Crippen molar-refractivity contribution in [2.24, 2.45) is 16.8 Å². The van der Waals surface area contributed by atoms with Gasteiger partial charge >= 0.3 is 0 Å². The lowest BCUT2D eigenvalue weighted by molar-refractivity contribution is -0.122. The van der Waals surface area contributed by atoms with Crippen molar-refractivity contribution in [2.45, 2.75) is 11.3 Å². The van der Waals surface area contributed by atoms with Crippen LogP contribution in [0.15, 0.2) is 107 Å². The largest absolute Gasteiger partial charge is 0.274 e. The van der Waals surface area contributed by atoms with E-state index in [9.17, 15) is 9.59 Å². The van der Waals surface area contributed by atoms with Gasteiger partial charge in [-0.15, -0.1) is 0 Å². The lowest BCUT2D eigenvalue weighted by atomic mass is 9.52. The van der Waals surface area contributed by atoms with Crippen molar-refractivity contribution < 1.29 is 9.59 Å². The van der Waals surface area contributed by atoms with E-state index in [4.69, 9.17) is 16.6 Å². The fourth-order valence-corrected chi connectivity index (χ4v) is 7.14. The topological polar surface area (TPSA) is 49.7 Å². The van der Waals surface area contributed by atoms with Gasteiger partial charge in [0.2, 0.25) is 11.8 Å². The molecule has 10 rings (SSSR count). The van der Waals surface area contributed by atoms with Crippen LogP contribution in [-0.2, 0) is 15.0 Å². The number of imide groups is 1. The molecule has 5 aliphatic carbocycles. The van der Waals surface area contributed by atoms with Crippen molar-refractivity contribution in [3.05, 3.63) is 129 Å². The second kappa shape index (κ2) is 8.23. The number of nitrogens with zero attached hydrogens (tertiary/aromatic N) is 2. The molecular formula is C31H20BrClN2O2. The first-order valence-corrected chi connectivity index (χ1v) is 13.3. The predicted molar refractivity (Wildman–Crippen MR) is 149 cm³/mol. The summed E-state index contributed by atoms with van der Waals surface area (Å²) in [5, 5.41) is 0.375. The molecule has 1 aliphatic heterocycles. The van der Waals surface area contributed by atoms with Crippen molar-refractivity contribution in [3.8, 4) is 0 Å². The van der Waals surface area contributed by atoms with Gasteiger partial charge in [0.25, 0.3) is 0 Å². The van der Waals surface area contributed by atoms with Gasteiger partial charge in [-0.3, -0.25) is 14.6 Å². The number of anilines is 1. The van der Waals surface area contributed by atoms with Crippen LogP contribution in [-0.4, -0.2) is 18.0 Å². The molecular weight excluding hydrogens is 548 g/mol. The molecule has 180 valence electrons. The summed E-state index contributed by atoms with van der Waals surface area (Å²) in [6.07, 6.45) is 1.89. The van der Waals surface area contributed by atoms with Crippen LogP contribution in [0.25, 0.3) is 0 Å². The van der Waals surface area contributed by atoms with Gasteiger partial charge < -0.3 is 0 Å². The van der Waals surface area contributed by atoms with Gasteiger partial charge in [0.15, 0.2) is 0 Å². The number of aliphatic imine (C=N–C) groups is 1. The molecule has 0 unspecified atom stereocenters. The van der Waals surface area contributed by atoms with Gasteiger partial charge in [0, 0.05) is 16.6 Å². The normalized spacial score (nSPS) is 25.4. The highest BCUT2D eigenvalue weighted by atomic mass is 79.9. The average molecular weight is 568 g/mol. The molecule has 4 bridgehead atoms. The minimum Gasteiger partial charge on any atom is -0.274 e. The Morgan fingerprint density at radius 2 is 1.62 bits per heavy atom. The Kier molecular flexibility index (Phi) is 5.04. The third-order valence-electron chi connectivity index (χ3n) is 8.01. The van der Waals surface area contributed by atoms with Gasteiger partial charge in [-0.25, -0.2) is 4.90 Å². The molecule has 0 radical (unpaired) electrons. The first-order chi connectivity index (χ1) is 18.0. The SMILES string of the molecule is O=C1[C@H]2[C@H]3c4ccc(cc4)[C@@](C=Nc4cccc(Br)c4)(c4ccccc43)[C@@H]2C(=O)N1c1ccccc1Cl. The van der Waals surface area contributed by atoms with Crippen molar-refractivity contribution in [3.63, 3.8) is 0 Å². The molecule has 6 aliphatic rings. The fraction of sp³-hybridized carbons (Fsp3) is 0.129. The summed E-state index contributed by atoms with van der Waals surface area (Å²) in [4.78, 5) is 34.9. The maximum atomic E-state index is 14.4. The zero-order valence-corrected chi connectivity index (χ0v) is 21.9. The molecule has 0 aromatic heterocycles. The van der Waals surface area contributed by atoms with E-state index in [1.165, 1.54) is 4.90 Å². The van der Waals surface area contributed by atoms with Crippen LogP contribution in [0.1, 0.15) is 28.2 Å². The zero-order chi connectivity index (χ0) is 25.3. The first-order valence-electron chi connectivity index (χ1n) is 12.1. The van der Waals surface area contributed by atoms with E-state index >= 15 is 0 Å². The summed E-state index contributed by atoms with van der Waals surface area (Å²) in [6.45, 7) is 0. The minimum atomic E-state index is -0.929. The molecule has 37 heavy (non-hydrogen) atoms. The molecule has 4 nitrogen and oxygen atoms in total. The predicted octanol–water partition coefficient (Wildman–Crippen LogP) is 7.06. The number of rotatable bonds is 3. The van der Waals surface area contributed by atoms with Gasteiger partial charge in [-0.1, -0.05) is 94.3 Å². The molecule has 1 fully saturated rings. The Labute approximate surface area is 227 Å². The number of benzene rings is 4. The molecule has 4 aromatic carbocycles. The lowest BCUT2D eigenvalue weighted by Gasteiger charge is -2.48. The maximum absolute atomic E-state index is 14.4. The highest BCUT2D eigenvalue weighted by Gasteiger charge is 2.65. The second-order valence-corrected chi connectivity index (χ2v) is 11.1. The number of para-hydroxylation sites is 1. The number of amides is 2. The van der Waals surface area contributed by atoms with E-state index in [0.29, 0.717) is 10.7 Å². The third-order valence-corrected chi connectivity index (χ3v) is 8.82. The van der Waals surface area contributed by atoms with Gasteiger partial charge in [-0.2, -0.15) is 0 Å². The Bertz CT molecular complexity index is 1630. The Balaban J connectivity index is 1.53. The maximum Gasteiger partial charge on any atom is 0.239 e. The van der Waals surface area contributed by atoms with E-state index in [2.05, 4.69) is 52.3 Å². The van der Waals surface area contributed by atoms with Crippen LogP contribution in [0.3, 0.4) is 0 Å². The van der Waals surface area contributed by atoms with E-state index in [-0.39, 0.29) is 17.7 Å². The second-order valence-electron chi connectivity index (χ2n) is 9.76. The van der Waals surface area contributed by atoms with Crippen LogP contribution in [0.5, 0.6) is 0 Å². The number of hydrogen-bond donors (Lipinski definition) is 0.